The van der Waals surface area contributed by atoms with Crippen LogP contribution in [-0.4, -0.2) is 90.6 Å². The highest BCUT2D eigenvalue weighted by Gasteiger charge is 2.48. The maximum absolute atomic E-state index is 13.8. The fourth-order valence-electron chi connectivity index (χ4n) is 6.75. The van der Waals surface area contributed by atoms with Gasteiger partial charge in [0.25, 0.3) is 5.91 Å². The van der Waals surface area contributed by atoms with Gasteiger partial charge in [-0.15, -0.1) is 0 Å². The first kappa shape index (κ1) is 34.2. The Labute approximate surface area is 267 Å². The summed E-state index contributed by atoms with van der Waals surface area (Å²) < 4.78 is 10.7. The average molecular weight is 623 g/mol. The molecule has 4 amide bonds. The average Bonchev–Trinajstić information content (AvgIpc) is 3.08. The highest BCUT2D eigenvalue weighted by Crippen LogP contribution is 2.40. The predicted octanol–water partition coefficient (Wildman–Crippen LogP) is 4.82. The van der Waals surface area contributed by atoms with E-state index in [0.29, 0.717) is 58.5 Å². The van der Waals surface area contributed by atoms with Crippen LogP contribution in [0.15, 0.2) is 60.7 Å². The molecule has 2 fully saturated rings. The Hall–Kier alpha value is -3.63. The van der Waals surface area contributed by atoms with Crippen molar-refractivity contribution in [3.8, 4) is 0 Å². The summed E-state index contributed by atoms with van der Waals surface area (Å²) in [5, 5.41) is 17.7. The standard InChI is InChI=1S/C35H50N4O6/c1-27(29-16-8-4-9-17-29)37-32(41)31(40)30(18-10-13-21-36-33(42)38-22-24-45-25-23-38)39(34(43)44-2)35(19-11-5-12-20-35)26-28-14-6-3-7-15-28/h3-4,6-9,14-17,27,30-31,40H,5,10-13,18-26H2,1-2H3,(H,36,42)(H,37,41)/t27-,30+,31?/m1/s1. The summed E-state index contributed by atoms with van der Waals surface area (Å²) in [6, 6.07) is 18.4. The van der Waals surface area contributed by atoms with Crippen molar-refractivity contribution in [2.24, 2.45) is 0 Å². The molecule has 4 rings (SSSR count). The molecule has 45 heavy (non-hydrogen) atoms. The van der Waals surface area contributed by atoms with Gasteiger partial charge in [0.15, 0.2) is 6.10 Å². The molecule has 0 aromatic heterocycles. The largest absolute Gasteiger partial charge is 0.453 e. The zero-order valence-corrected chi connectivity index (χ0v) is 26.8. The number of rotatable bonds is 13. The Kier molecular flexibility index (Phi) is 13.1. The van der Waals surface area contributed by atoms with Gasteiger partial charge in [0.2, 0.25) is 0 Å². The summed E-state index contributed by atoms with van der Waals surface area (Å²) >= 11 is 0. The lowest BCUT2D eigenvalue weighted by molar-refractivity contribution is -0.135. The van der Waals surface area contributed by atoms with E-state index in [4.69, 9.17) is 9.47 Å². The molecule has 3 atom stereocenters. The van der Waals surface area contributed by atoms with E-state index >= 15 is 0 Å². The van der Waals surface area contributed by atoms with E-state index in [1.807, 2.05) is 55.5 Å². The normalized spacial score (nSPS) is 18.2. The van der Waals surface area contributed by atoms with E-state index < -0.39 is 29.7 Å². The number of amides is 4. The van der Waals surface area contributed by atoms with Crippen LogP contribution < -0.4 is 10.6 Å². The summed E-state index contributed by atoms with van der Waals surface area (Å²) in [6.07, 6.45) is 4.60. The van der Waals surface area contributed by atoms with Crippen molar-refractivity contribution >= 4 is 18.0 Å². The summed E-state index contributed by atoms with van der Waals surface area (Å²) in [5.74, 6) is -0.531. The zero-order chi connectivity index (χ0) is 32.1. The molecule has 0 radical (unpaired) electrons. The molecule has 2 aliphatic rings. The number of methoxy groups -OCH3 is 1. The van der Waals surface area contributed by atoms with Crippen molar-refractivity contribution in [3.05, 3.63) is 71.8 Å². The van der Waals surface area contributed by atoms with E-state index in [-0.39, 0.29) is 12.1 Å². The maximum Gasteiger partial charge on any atom is 0.410 e. The zero-order valence-electron chi connectivity index (χ0n) is 26.8. The molecule has 1 aliphatic carbocycles. The van der Waals surface area contributed by atoms with Crippen LogP contribution in [0.25, 0.3) is 0 Å². The number of morpholine rings is 1. The molecule has 3 N–H and O–H groups in total. The van der Waals surface area contributed by atoms with E-state index in [1.165, 1.54) is 7.11 Å². The minimum Gasteiger partial charge on any atom is -0.453 e. The summed E-state index contributed by atoms with van der Waals surface area (Å²) in [4.78, 5) is 43.4. The minimum atomic E-state index is -1.48. The van der Waals surface area contributed by atoms with Crippen LogP contribution in [0.4, 0.5) is 9.59 Å². The highest BCUT2D eigenvalue weighted by molar-refractivity contribution is 5.82. The quantitative estimate of drug-likeness (QED) is 0.276. The van der Waals surface area contributed by atoms with Gasteiger partial charge in [0, 0.05) is 19.6 Å². The first-order chi connectivity index (χ1) is 21.8. The van der Waals surface area contributed by atoms with Crippen molar-refractivity contribution in [1.82, 2.24) is 20.4 Å². The van der Waals surface area contributed by atoms with Crippen molar-refractivity contribution < 1.29 is 29.0 Å². The molecule has 1 unspecified atom stereocenters. The van der Waals surface area contributed by atoms with Gasteiger partial charge in [0.1, 0.15) is 0 Å². The number of aliphatic hydroxyl groups is 1. The van der Waals surface area contributed by atoms with Gasteiger partial charge >= 0.3 is 12.1 Å². The number of benzene rings is 2. The van der Waals surface area contributed by atoms with E-state index in [1.54, 1.807) is 9.80 Å². The Morgan fingerprint density at radius 3 is 2.27 bits per heavy atom. The lowest BCUT2D eigenvalue weighted by Crippen LogP contribution is -2.63. The van der Waals surface area contributed by atoms with Crippen LogP contribution in [0.5, 0.6) is 0 Å². The number of hydrogen-bond acceptors (Lipinski definition) is 6. The van der Waals surface area contributed by atoms with Gasteiger partial charge < -0.3 is 30.1 Å². The van der Waals surface area contributed by atoms with Crippen LogP contribution in [0, 0.1) is 0 Å². The number of nitrogens with zero attached hydrogens (tertiary/aromatic N) is 2. The third-order valence-electron chi connectivity index (χ3n) is 9.17. The molecule has 10 nitrogen and oxygen atoms in total. The third-order valence-corrected chi connectivity index (χ3v) is 9.17. The monoisotopic (exact) mass is 622 g/mol. The molecule has 1 aliphatic heterocycles. The molecule has 246 valence electrons. The number of carbonyl (C=O) groups excluding carboxylic acids is 3. The Balaban J connectivity index is 1.55. The van der Waals surface area contributed by atoms with Crippen LogP contribution in [0.1, 0.15) is 75.5 Å². The lowest BCUT2D eigenvalue weighted by Gasteiger charge is -2.50. The van der Waals surface area contributed by atoms with Crippen LogP contribution >= 0.6 is 0 Å². The van der Waals surface area contributed by atoms with Gasteiger partial charge in [-0.2, -0.15) is 0 Å². The summed E-state index contributed by atoms with van der Waals surface area (Å²) in [7, 11) is 1.36. The number of urea groups is 1. The molecule has 10 heteroatoms. The molecule has 2 aromatic rings. The number of unbranched alkanes of at least 4 members (excludes halogenated alkanes) is 1. The van der Waals surface area contributed by atoms with E-state index in [2.05, 4.69) is 22.8 Å². The molecule has 1 saturated carbocycles. The molecule has 2 aromatic carbocycles. The number of nitrogens with one attached hydrogen (secondary N) is 2. The van der Waals surface area contributed by atoms with Gasteiger partial charge in [0.05, 0.1) is 37.9 Å². The fraction of sp³-hybridized carbons (Fsp3) is 0.571. The second kappa shape index (κ2) is 17.2. The van der Waals surface area contributed by atoms with Gasteiger partial charge in [-0.1, -0.05) is 79.9 Å². The number of carbonyl (C=O) groups is 3. The third kappa shape index (κ3) is 9.43. The Morgan fingerprint density at radius 2 is 1.62 bits per heavy atom. The summed E-state index contributed by atoms with van der Waals surface area (Å²) in [6.45, 7) is 4.52. The van der Waals surface area contributed by atoms with Crippen molar-refractivity contribution in [1.29, 1.82) is 0 Å². The number of aliphatic hydroxyl groups excluding tert-OH is 1. The fourth-order valence-corrected chi connectivity index (χ4v) is 6.75. The lowest BCUT2D eigenvalue weighted by atomic mass is 9.75. The van der Waals surface area contributed by atoms with E-state index in [9.17, 15) is 19.5 Å². The van der Waals surface area contributed by atoms with Crippen molar-refractivity contribution in [2.75, 3.05) is 40.0 Å². The molecule has 1 saturated heterocycles. The van der Waals surface area contributed by atoms with Crippen molar-refractivity contribution in [2.45, 2.75) is 88.4 Å². The molecule has 0 bridgehead atoms. The maximum atomic E-state index is 13.8. The highest BCUT2D eigenvalue weighted by atomic mass is 16.5. The molecular weight excluding hydrogens is 572 g/mol. The summed E-state index contributed by atoms with van der Waals surface area (Å²) in [5.41, 5.74) is 1.39. The van der Waals surface area contributed by atoms with Gasteiger partial charge in [-0.3, -0.25) is 9.69 Å². The number of ether oxygens (including phenoxy) is 2. The number of hydrogen-bond donors (Lipinski definition) is 3. The van der Waals surface area contributed by atoms with Crippen LogP contribution in [0.3, 0.4) is 0 Å². The van der Waals surface area contributed by atoms with E-state index in [0.717, 1.165) is 43.2 Å². The second-order valence-electron chi connectivity index (χ2n) is 12.3. The topological polar surface area (TPSA) is 120 Å². The molecule has 0 spiro atoms. The first-order valence-electron chi connectivity index (χ1n) is 16.4. The van der Waals surface area contributed by atoms with Crippen LogP contribution in [0.2, 0.25) is 0 Å². The SMILES string of the molecule is COC(=O)N([C@@H](CCCCNC(=O)N1CCOCC1)C(O)C(=O)N[C@H](C)c1ccccc1)C1(Cc2ccccc2)CCCCC1. The molecular formula is C35H50N4O6. The smallest absolute Gasteiger partial charge is 0.410 e. The van der Waals surface area contributed by atoms with Gasteiger partial charge in [-0.25, -0.2) is 9.59 Å². The predicted molar refractivity (Wildman–Crippen MR) is 173 cm³/mol. The Bertz CT molecular complexity index is 1200. The Morgan fingerprint density at radius 1 is 0.978 bits per heavy atom. The second-order valence-corrected chi connectivity index (χ2v) is 12.3. The first-order valence-corrected chi connectivity index (χ1v) is 16.4. The van der Waals surface area contributed by atoms with Crippen molar-refractivity contribution in [3.63, 3.8) is 0 Å². The van der Waals surface area contributed by atoms with Gasteiger partial charge in [-0.05, 0) is 56.6 Å². The minimum absolute atomic E-state index is 0.121. The molecule has 1 heterocycles. The van der Waals surface area contributed by atoms with Crippen LogP contribution in [-0.2, 0) is 20.7 Å².